The van der Waals surface area contributed by atoms with E-state index in [0.717, 1.165) is 25.0 Å². The zero-order chi connectivity index (χ0) is 17.8. The summed E-state index contributed by atoms with van der Waals surface area (Å²) in [5.74, 6) is 1.97. The van der Waals surface area contributed by atoms with Crippen LogP contribution in [-0.4, -0.2) is 69.5 Å². The Balaban J connectivity index is 2.05. The van der Waals surface area contributed by atoms with Crippen molar-refractivity contribution in [3.05, 3.63) is 0 Å². The third-order valence-electron chi connectivity index (χ3n) is 5.47. The van der Waals surface area contributed by atoms with Gasteiger partial charge in [0.25, 0.3) is 0 Å². The fraction of sp³-hybridized carbons (Fsp3) is 0.941. The summed E-state index contributed by atoms with van der Waals surface area (Å²) < 4.78 is 23.3. The highest BCUT2D eigenvalue weighted by molar-refractivity contribution is 7.91. The molecule has 1 saturated carbocycles. The Labute approximate surface area is 147 Å². The summed E-state index contributed by atoms with van der Waals surface area (Å²) in [7, 11) is 1.42. The predicted octanol–water partition coefficient (Wildman–Crippen LogP) is 1.24. The van der Waals surface area contributed by atoms with Gasteiger partial charge in [0.2, 0.25) is 0 Å². The number of aliphatic imine (C=N–C) groups is 1. The van der Waals surface area contributed by atoms with Crippen molar-refractivity contribution in [3.8, 4) is 0 Å². The summed E-state index contributed by atoms with van der Waals surface area (Å²) in [5, 5.41) is 6.59. The van der Waals surface area contributed by atoms with Gasteiger partial charge < -0.3 is 15.5 Å². The Kier molecular flexibility index (Phi) is 6.53. The molecule has 0 radical (unpaired) electrons. The van der Waals surface area contributed by atoms with Gasteiger partial charge >= 0.3 is 0 Å². The minimum atomic E-state index is -2.88. The van der Waals surface area contributed by atoms with E-state index in [1.165, 1.54) is 25.7 Å². The van der Waals surface area contributed by atoms with Crippen molar-refractivity contribution in [2.45, 2.75) is 57.5 Å². The summed E-state index contributed by atoms with van der Waals surface area (Å²) in [6, 6.07) is -0.0200. The highest BCUT2D eigenvalue weighted by Crippen LogP contribution is 2.35. The van der Waals surface area contributed by atoms with Crippen LogP contribution in [0.5, 0.6) is 0 Å². The lowest BCUT2D eigenvalue weighted by molar-refractivity contribution is 0.0845. The molecule has 1 saturated heterocycles. The number of nitrogens with zero attached hydrogens (tertiary/aromatic N) is 2. The van der Waals surface area contributed by atoms with E-state index in [9.17, 15) is 8.42 Å². The van der Waals surface area contributed by atoms with Crippen molar-refractivity contribution in [1.29, 1.82) is 0 Å². The van der Waals surface area contributed by atoms with Crippen LogP contribution in [0.3, 0.4) is 0 Å². The predicted molar refractivity (Wildman–Crippen MR) is 100 cm³/mol. The number of sulfone groups is 1. The van der Waals surface area contributed by atoms with Crippen LogP contribution in [-0.2, 0) is 9.84 Å². The highest BCUT2D eigenvalue weighted by Gasteiger charge is 2.37. The monoisotopic (exact) mass is 358 g/mol. The van der Waals surface area contributed by atoms with Crippen LogP contribution in [0.1, 0.15) is 46.0 Å². The summed E-state index contributed by atoms with van der Waals surface area (Å²) >= 11 is 0. The second-order valence-corrected chi connectivity index (χ2v) is 9.99. The van der Waals surface area contributed by atoms with Gasteiger partial charge in [-0.2, -0.15) is 0 Å². The van der Waals surface area contributed by atoms with E-state index >= 15 is 0 Å². The maximum atomic E-state index is 11.7. The summed E-state index contributed by atoms with van der Waals surface area (Å²) in [6.07, 6.45) is 5.56. The number of hydrogen-bond donors (Lipinski definition) is 2. The normalized spacial score (nSPS) is 33.6. The first-order chi connectivity index (χ1) is 11.3. The third-order valence-corrected chi connectivity index (χ3v) is 7.23. The molecule has 6 nitrogen and oxygen atoms in total. The Morgan fingerprint density at radius 1 is 1.33 bits per heavy atom. The molecule has 0 amide bonds. The number of nitrogens with one attached hydrogen (secondary N) is 2. The molecule has 0 spiro atoms. The zero-order valence-electron chi connectivity index (χ0n) is 15.6. The Hall–Kier alpha value is -0.820. The first-order valence-corrected chi connectivity index (χ1v) is 11.0. The molecule has 2 fully saturated rings. The summed E-state index contributed by atoms with van der Waals surface area (Å²) in [6.45, 7) is 5.89. The van der Waals surface area contributed by atoms with E-state index in [-0.39, 0.29) is 23.1 Å². The molecule has 24 heavy (non-hydrogen) atoms. The fourth-order valence-corrected chi connectivity index (χ4v) is 5.65. The Morgan fingerprint density at radius 3 is 2.62 bits per heavy atom. The number of rotatable bonds is 5. The van der Waals surface area contributed by atoms with Gasteiger partial charge in [-0.3, -0.25) is 4.99 Å². The van der Waals surface area contributed by atoms with Crippen LogP contribution < -0.4 is 10.6 Å². The lowest BCUT2D eigenvalue weighted by atomic mass is 9.75. The molecular formula is C17H34N4O2S. The van der Waals surface area contributed by atoms with Crippen LogP contribution in [0.25, 0.3) is 0 Å². The molecule has 0 aromatic carbocycles. The van der Waals surface area contributed by atoms with Crippen molar-refractivity contribution in [1.82, 2.24) is 15.5 Å². The molecule has 0 aromatic heterocycles. The second kappa shape index (κ2) is 8.04. The van der Waals surface area contributed by atoms with E-state index in [4.69, 9.17) is 4.99 Å². The number of guanidine groups is 1. The second-order valence-electron chi connectivity index (χ2n) is 7.76. The van der Waals surface area contributed by atoms with Crippen molar-refractivity contribution < 1.29 is 8.42 Å². The molecule has 0 aromatic rings. The first kappa shape index (κ1) is 19.5. The molecule has 7 heteroatoms. The fourth-order valence-electron chi connectivity index (χ4n) is 3.97. The molecule has 2 aliphatic rings. The molecule has 140 valence electrons. The summed E-state index contributed by atoms with van der Waals surface area (Å²) in [4.78, 5) is 7.16. The number of hydrogen-bond acceptors (Lipinski definition) is 4. The Morgan fingerprint density at radius 2 is 2.08 bits per heavy atom. The zero-order valence-corrected chi connectivity index (χ0v) is 16.5. The molecular weight excluding hydrogens is 324 g/mol. The van der Waals surface area contributed by atoms with E-state index < -0.39 is 9.84 Å². The quantitative estimate of drug-likeness (QED) is 0.571. The smallest absolute Gasteiger partial charge is 0.191 e. The van der Waals surface area contributed by atoms with E-state index in [1.54, 1.807) is 0 Å². The molecule has 1 heterocycles. The van der Waals surface area contributed by atoms with Gasteiger partial charge in [0.15, 0.2) is 15.8 Å². The van der Waals surface area contributed by atoms with Gasteiger partial charge in [-0.05, 0) is 46.2 Å². The van der Waals surface area contributed by atoms with E-state index in [1.807, 2.05) is 6.92 Å². The van der Waals surface area contributed by atoms with E-state index in [0.29, 0.717) is 6.42 Å². The average molecular weight is 359 g/mol. The highest BCUT2D eigenvalue weighted by atomic mass is 32.2. The maximum absolute atomic E-state index is 11.7. The van der Waals surface area contributed by atoms with Gasteiger partial charge in [0, 0.05) is 18.1 Å². The minimum Gasteiger partial charge on any atom is -0.357 e. The summed E-state index contributed by atoms with van der Waals surface area (Å²) in [5.41, 5.74) is 0.113. The van der Waals surface area contributed by atoms with Crippen LogP contribution >= 0.6 is 0 Å². The average Bonchev–Trinajstić information content (AvgIpc) is 2.84. The largest absolute Gasteiger partial charge is 0.357 e. The molecule has 1 aliphatic heterocycles. The van der Waals surface area contributed by atoms with Crippen molar-refractivity contribution in [3.63, 3.8) is 0 Å². The Bertz CT molecular complexity index is 547. The lowest BCUT2D eigenvalue weighted by Gasteiger charge is -2.44. The standard InChI is InChI=1S/C17H34N4O2S/c1-5-18-16(20-15-8-10-24(22,23)12-15)19-13-17(21(3)4)9-6-7-14(2)11-17/h14-15H,5-13H2,1-4H3,(H2,18,19,20). The topological polar surface area (TPSA) is 73.8 Å². The molecule has 3 unspecified atom stereocenters. The molecule has 3 atom stereocenters. The van der Waals surface area contributed by atoms with E-state index in [2.05, 4.69) is 36.6 Å². The van der Waals surface area contributed by atoms with Crippen LogP contribution in [0, 0.1) is 5.92 Å². The van der Waals surface area contributed by atoms with Crippen LogP contribution in [0.4, 0.5) is 0 Å². The van der Waals surface area contributed by atoms with Crippen molar-refractivity contribution >= 4 is 15.8 Å². The van der Waals surface area contributed by atoms with Gasteiger partial charge in [-0.15, -0.1) is 0 Å². The van der Waals surface area contributed by atoms with Crippen molar-refractivity contribution in [2.24, 2.45) is 10.9 Å². The first-order valence-electron chi connectivity index (χ1n) is 9.19. The molecule has 0 bridgehead atoms. The SMILES string of the molecule is CCNC(=NCC1(N(C)C)CCCC(C)C1)NC1CCS(=O)(=O)C1. The lowest BCUT2D eigenvalue weighted by Crippen LogP contribution is -2.51. The van der Waals surface area contributed by atoms with Gasteiger partial charge in [-0.1, -0.05) is 19.8 Å². The number of likely N-dealkylation sites (N-methyl/N-ethyl adjacent to an activating group) is 1. The van der Waals surface area contributed by atoms with Gasteiger partial charge in [0.1, 0.15) is 0 Å². The van der Waals surface area contributed by atoms with Crippen molar-refractivity contribution in [2.75, 3.05) is 38.7 Å². The van der Waals surface area contributed by atoms with Gasteiger partial charge in [0.05, 0.1) is 18.1 Å². The minimum absolute atomic E-state index is 0.0200. The third kappa shape index (κ3) is 5.09. The van der Waals surface area contributed by atoms with Crippen LogP contribution in [0.2, 0.25) is 0 Å². The molecule has 2 rings (SSSR count). The van der Waals surface area contributed by atoms with Crippen LogP contribution in [0.15, 0.2) is 4.99 Å². The molecule has 1 aliphatic carbocycles. The maximum Gasteiger partial charge on any atom is 0.191 e. The molecule has 2 N–H and O–H groups in total. The van der Waals surface area contributed by atoms with Gasteiger partial charge in [-0.25, -0.2) is 8.42 Å².